The first kappa shape index (κ1) is 12.0. The third-order valence-electron chi connectivity index (χ3n) is 2.87. The molecule has 0 amide bonds. The molecule has 5 heteroatoms. The summed E-state index contributed by atoms with van der Waals surface area (Å²) in [5.41, 5.74) is 1.29. The summed E-state index contributed by atoms with van der Waals surface area (Å²) in [7, 11) is 0. The number of carbonyl (C=O) groups excluding carboxylic acids is 1. The molecule has 0 aliphatic heterocycles. The number of halogens is 2. The number of imidazole rings is 1. The van der Waals surface area contributed by atoms with Crippen LogP contribution in [0.5, 0.6) is 0 Å². The van der Waals surface area contributed by atoms with Crippen LogP contribution in [0.2, 0.25) is 0 Å². The molecule has 1 aromatic carbocycles. The van der Waals surface area contributed by atoms with Crippen molar-refractivity contribution in [1.29, 1.82) is 0 Å². The molecular weight excluding hydrogens is 311 g/mol. The van der Waals surface area contributed by atoms with Gasteiger partial charge in [0.2, 0.25) is 0 Å². The van der Waals surface area contributed by atoms with Crippen LogP contribution in [0.1, 0.15) is 10.5 Å². The Morgan fingerprint density at radius 2 is 1.95 bits per heavy atom. The number of carbonyl (C=O) groups is 1. The van der Waals surface area contributed by atoms with E-state index in [1.807, 2.05) is 6.07 Å². The quantitative estimate of drug-likeness (QED) is 0.533. The standard InChI is InChI=1S/C14H8BrFN2O/c15-13-7-3-6-12-11(8-19)17-14(18(12)13)9-4-1-2-5-10(9)16/h1-8H. The second kappa shape index (κ2) is 4.59. The minimum Gasteiger partial charge on any atom is -0.296 e. The molecule has 3 rings (SSSR count). The molecule has 0 atom stereocenters. The van der Waals surface area contributed by atoms with E-state index in [0.29, 0.717) is 33.5 Å². The Morgan fingerprint density at radius 1 is 1.16 bits per heavy atom. The zero-order valence-corrected chi connectivity index (χ0v) is 11.3. The molecule has 19 heavy (non-hydrogen) atoms. The molecule has 94 valence electrons. The van der Waals surface area contributed by atoms with Gasteiger partial charge in [-0.2, -0.15) is 0 Å². The summed E-state index contributed by atoms with van der Waals surface area (Å²) in [6.45, 7) is 0. The lowest BCUT2D eigenvalue weighted by atomic mass is 10.2. The van der Waals surface area contributed by atoms with Gasteiger partial charge >= 0.3 is 0 Å². The SMILES string of the molecule is O=Cc1nc(-c2ccccc2F)n2c(Br)cccc12. The number of aldehydes is 1. The largest absolute Gasteiger partial charge is 0.296 e. The van der Waals surface area contributed by atoms with E-state index in [-0.39, 0.29) is 5.82 Å². The third kappa shape index (κ3) is 1.86. The summed E-state index contributed by atoms with van der Waals surface area (Å²) in [5, 5.41) is 0. The first-order valence-corrected chi connectivity index (χ1v) is 6.38. The maximum Gasteiger partial charge on any atom is 0.170 e. The van der Waals surface area contributed by atoms with E-state index in [0.717, 1.165) is 0 Å². The summed E-state index contributed by atoms with van der Waals surface area (Å²) >= 11 is 3.40. The van der Waals surface area contributed by atoms with Gasteiger partial charge in [-0.05, 0) is 40.2 Å². The molecule has 0 radical (unpaired) electrons. The second-order valence-electron chi connectivity index (χ2n) is 3.99. The van der Waals surface area contributed by atoms with E-state index in [1.165, 1.54) is 6.07 Å². The molecule has 0 N–H and O–H groups in total. The maximum absolute atomic E-state index is 13.9. The first-order chi connectivity index (χ1) is 9.22. The van der Waals surface area contributed by atoms with E-state index >= 15 is 0 Å². The number of aromatic nitrogens is 2. The summed E-state index contributed by atoms with van der Waals surface area (Å²) in [4.78, 5) is 15.3. The smallest absolute Gasteiger partial charge is 0.170 e. The number of fused-ring (bicyclic) bond motifs is 1. The first-order valence-electron chi connectivity index (χ1n) is 5.59. The predicted molar refractivity (Wildman–Crippen MR) is 73.7 cm³/mol. The van der Waals surface area contributed by atoms with E-state index < -0.39 is 0 Å². The molecule has 2 heterocycles. The van der Waals surface area contributed by atoms with Crippen LogP contribution in [0.4, 0.5) is 4.39 Å². The van der Waals surface area contributed by atoms with Gasteiger partial charge in [0.25, 0.3) is 0 Å². The lowest BCUT2D eigenvalue weighted by molar-refractivity contribution is 0.112. The van der Waals surface area contributed by atoms with Crippen LogP contribution in [-0.2, 0) is 0 Å². The van der Waals surface area contributed by atoms with Crippen molar-refractivity contribution in [2.45, 2.75) is 0 Å². The zero-order valence-electron chi connectivity index (χ0n) is 9.68. The fourth-order valence-corrected chi connectivity index (χ4v) is 2.54. The Bertz CT molecular complexity index is 782. The average Bonchev–Trinajstić information content (AvgIpc) is 2.79. The van der Waals surface area contributed by atoms with Gasteiger partial charge in [-0.3, -0.25) is 9.20 Å². The van der Waals surface area contributed by atoms with Gasteiger partial charge in [-0.1, -0.05) is 18.2 Å². The van der Waals surface area contributed by atoms with E-state index in [4.69, 9.17) is 0 Å². The highest BCUT2D eigenvalue weighted by molar-refractivity contribution is 9.10. The minimum absolute atomic E-state index is 0.291. The van der Waals surface area contributed by atoms with Gasteiger partial charge in [0.1, 0.15) is 17.3 Å². The number of pyridine rings is 1. The fourth-order valence-electron chi connectivity index (χ4n) is 2.03. The number of nitrogens with zero attached hydrogens (tertiary/aromatic N) is 2. The van der Waals surface area contributed by atoms with Crippen molar-refractivity contribution in [3.8, 4) is 11.4 Å². The van der Waals surface area contributed by atoms with Crippen molar-refractivity contribution >= 4 is 27.7 Å². The second-order valence-corrected chi connectivity index (χ2v) is 4.80. The van der Waals surface area contributed by atoms with Crippen LogP contribution >= 0.6 is 15.9 Å². The monoisotopic (exact) mass is 318 g/mol. The van der Waals surface area contributed by atoms with Crippen molar-refractivity contribution in [2.75, 3.05) is 0 Å². The highest BCUT2D eigenvalue weighted by Gasteiger charge is 2.16. The topological polar surface area (TPSA) is 34.4 Å². The molecule has 3 aromatic rings. The molecule has 3 nitrogen and oxygen atoms in total. The highest BCUT2D eigenvalue weighted by Crippen LogP contribution is 2.27. The van der Waals surface area contributed by atoms with Crippen molar-refractivity contribution in [3.63, 3.8) is 0 Å². The van der Waals surface area contributed by atoms with Crippen LogP contribution in [-0.4, -0.2) is 15.7 Å². The third-order valence-corrected chi connectivity index (χ3v) is 3.49. The molecule has 0 aliphatic carbocycles. The Balaban J connectivity index is 2.42. The summed E-state index contributed by atoms with van der Waals surface area (Å²) in [5.74, 6) is 0.0327. The molecule has 0 spiro atoms. The van der Waals surface area contributed by atoms with Crippen LogP contribution in [0, 0.1) is 5.82 Å². The van der Waals surface area contributed by atoms with Crippen LogP contribution in [0.25, 0.3) is 16.9 Å². The molecule has 0 saturated carbocycles. The van der Waals surface area contributed by atoms with Crippen LogP contribution in [0.3, 0.4) is 0 Å². The average molecular weight is 319 g/mol. The molecule has 0 saturated heterocycles. The lowest BCUT2D eigenvalue weighted by Crippen LogP contribution is -1.93. The summed E-state index contributed by atoms with van der Waals surface area (Å²) in [6, 6.07) is 11.7. The van der Waals surface area contributed by atoms with Crippen molar-refractivity contribution in [1.82, 2.24) is 9.38 Å². The van der Waals surface area contributed by atoms with Crippen LogP contribution < -0.4 is 0 Å². The zero-order chi connectivity index (χ0) is 13.4. The van der Waals surface area contributed by atoms with Gasteiger partial charge < -0.3 is 0 Å². The lowest BCUT2D eigenvalue weighted by Gasteiger charge is -2.04. The Morgan fingerprint density at radius 3 is 2.68 bits per heavy atom. The van der Waals surface area contributed by atoms with Crippen molar-refractivity contribution < 1.29 is 9.18 Å². The summed E-state index contributed by atoms with van der Waals surface area (Å²) in [6.07, 6.45) is 0.673. The number of hydrogen-bond donors (Lipinski definition) is 0. The van der Waals surface area contributed by atoms with Gasteiger partial charge in [0, 0.05) is 0 Å². The molecule has 0 aliphatic rings. The molecule has 0 fully saturated rings. The fraction of sp³-hybridized carbons (Fsp3) is 0. The summed E-state index contributed by atoms with van der Waals surface area (Å²) < 4.78 is 16.3. The number of benzene rings is 1. The molecule has 0 bridgehead atoms. The highest BCUT2D eigenvalue weighted by atomic mass is 79.9. The Kier molecular flexibility index (Phi) is 2.91. The minimum atomic E-state index is -0.373. The molecular formula is C14H8BrFN2O. The van der Waals surface area contributed by atoms with Crippen molar-refractivity contribution in [2.24, 2.45) is 0 Å². The predicted octanol–water partition coefficient (Wildman–Crippen LogP) is 3.72. The molecule has 0 unspecified atom stereocenters. The van der Waals surface area contributed by atoms with E-state index in [2.05, 4.69) is 20.9 Å². The Labute approximate surface area is 116 Å². The number of rotatable bonds is 2. The van der Waals surface area contributed by atoms with Gasteiger partial charge in [0.05, 0.1) is 15.7 Å². The van der Waals surface area contributed by atoms with Crippen LogP contribution in [0.15, 0.2) is 47.1 Å². The normalized spacial score (nSPS) is 10.8. The Hall–Kier alpha value is -2.01. The molecule has 2 aromatic heterocycles. The maximum atomic E-state index is 13.9. The van der Waals surface area contributed by atoms with Crippen molar-refractivity contribution in [3.05, 3.63) is 58.6 Å². The number of hydrogen-bond acceptors (Lipinski definition) is 2. The van der Waals surface area contributed by atoms with Gasteiger partial charge in [0.15, 0.2) is 6.29 Å². The van der Waals surface area contributed by atoms with E-state index in [1.54, 1.807) is 34.7 Å². The van der Waals surface area contributed by atoms with Gasteiger partial charge in [-0.25, -0.2) is 9.37 Å². The van der Waals surface area contributed by atoms with Gasteiger partial charge in [-0.15, -0.1) is 0 Å². The van der Waals surface area contributed by atoms with E-state index in [9.17, 15) is 9.18 Å².